The summed E-state index contributed by atoms with van der Waals surface area (Å²) in [7, 11) is 3.61. The van der Waals surface area contributed by atoms with Gasteiger partial charge in [-0.1, -0.05) is 24.8 Å². The molecule has 0 aliphatic rings. The van der Waals surface area contributed by atoms with Crippen LogP contribution in [0.15, 0.2) is 43.0 Å². The van der Waals surface area contributed by atoms with E-state index >= 15 is 0 Å². The molecule has 0 radical (unpaired) electrons. The number of hydrogen-bond acceptors (Lipinski definition) is 4. The van der Waals surface area contributed by atoms with Gasteiger partial charge in [-0.15, -0.1) is 0 Å². The van der Waals surface area contributed by atoms with Gasteiger partial charge in [-0.25, -0.2) is 4.79 Å². The molecule has 1 aromatic rings. The number of hydrogen-bond donors (Lipinski definition) is 0. The molecule has 0 fully saturated rings. The van der Waals surface area contributed by atoms with Crippen LogP contribution >= 0.6 is 0 Å². The molecule has 0 spiro atoms. The van der Waals surface area contributed by atoms with Gasteiger partial charge in [0.25, 0.3) is 0 Å². The van der Waals surface area contributed by atoms with Crippen LogP contribution < -0.4 is 0 Å². The SMILES string of the molecule is C=CC(=O)C(CN(C)C)OC(=O)c1ccccc1. The summed E-state index contributed by atoms with van der Waals surface area (Å²) in [4.78, 5) is 25.2. The molecule has 18 heavy (non-hydrogen) atoms. The maximum atomic E-state index is 11.8. The number of ketones is 1. The minimum absolute atomic E-state index is 0.298. The average Bonchev–Trinajstić information content (AvgIpc) is 2.37. The van der Waals surface area contributed by atoms with E-state index in [-0.39, 0.29) is 5.78 Å². The molecule has 96 valence electrons. The van der Waals surface area contributed by atoms with Crippen LogP contribution in [0.25, 0.3) is 0 Å². The van der Waals surface area contributed by atoms with E-state index in [1.807, 2.05) is 6.07 Å². The summed E-state index contributed by atoms with van der Waals surface area (Å²) < 4.78 is 5.20. The van der Waals surface area contributed by atoms with Crippen LogP contribution in [0.4, 0.5) is 0 Å². The van der Waals surface area contributed by atoms with E-state index in [2.05, 4.69) is 6.58 Å². The number of carbonyl (C=O) groups excluding carboxylic acids is 2. The van der Waals surface area contributed by atoms with Crippen LogP contribution in [0.5, 0.6) is 0 Å². The Kier molecular flexibility index (Phi) is 5.27. The number of esters is 1. The quantitative estimate of drug-likeness (QED) is 0.565. The van der Waals surface area contributed by atoms with Crippen molar-refractivity contribution in [3.8, 4) is 0 Å². The van der Waals surface area contributed by atoms with Crippen LogP contribution in [0, 0.1) is 0 Å². The highest BCUT2D eigenvalue weighted by Crippen LogP contribution is 2.06. The second-order valence-corrected chi connectivity index (χ2v) is 4.13. The molecule has 0 aliphatic carbocycles. The second-order valence-electron chi connectivity index (χ2n) is 4.13. The number of carbonyl (C=O) groups is 2. The zero-order valence-corrected chi connectivity index (χ0v) is 10.6. The van der Waals surface area contributed by atoms with Crippen molar-refractivity contribution in [1.82, 2.24) is 4.90 Å². The molecule has 0 amide bonds. The molecular weight excluding hydrogens is 230 g/mol. The number of benzene rings is 1. The Morgan fingerprint density at radius 1 is 1.33 bits per heavy atom. The normalized spacial score (nSPS) is 11.9. The molecule has 0 aliphatic heterocycles. The average molecular weight is 247 g/mol. The number of ether oxygens (including phenoxy) is 1. The number of nitrogens with zero attached hydrogens (tertiary/aromatic N) is 1. The van der Waals surface area contributed by atoms with Gasteiger partial charge < -0.3 is 9.64 Å². The van der Waals surface area contributed by atoms with Crippen molar-refractivity contribution in [2.45, 2.75) is 6.10 Å². The first-order valence-electron chi connectivity index (χ1n) is 5.61. The molecule has 1 unspecified atom stereocenters. The second kappa shape index (κ2) is 6.71. The van der Waals surface area contributed by atoms with Crippen LogP contribution in [0.1, 0.15) is 10.4 Å². The zero-order valence-electron chi connectivity index (χ0n) is 10.6. The molecule has 0 heterocycles. The van der Waals surface area contributed by atoms with Gasteiger partial charge in [0.15, 0.2) is 11.9 Å². The lowest BCUT2D eigenvalue weighted by atomic mass is 10.2. The van der Waals surface area contributed by atoms with Gasteiger partial charge in [-0.2, -0.15) is 0 Å². The molecule has 1 atom stereocenters. The fourth-order valence-corrected chi connectivity index (χ4v) is 1.42. The van der Waals surface area contributed by atoms with E-state index in [4.69, 9.17) is 4.74 Å². The van der Waals surface area contributed by atoms with Gasteiger partial charge in [0.05, 0.1) is 5.56 Å². The molecule has 4 heteroatoms. The Bertz CT molecular complexity index is 426. The third-order valence-electron chi connectivity index (χ3n) is 2.31. The first-order valence-corrected chi connectivity index (χ1v) is 5.61. The van der Waals surface area contributed by atoms with E-state index in [0.717, 1.165) is 0 Å². The zero-order chi connectivity index (χ0) is 13.5. The van der Waals surface area contributed by atoms with Crippen LogP contribution in [-0.2, 0) is 9.53 Å². The van der Waals surface area contributed by atoms with E-state index in [9.17, 15) is 9.59 Å². The summed E-state index contributed by atoms with van der Waals surface area (Å²) >= 11 is 0. The fourth-order valence-electron chi connectivity index (χ4n) is 1.42. The van der Waals surface area contributed by atoms with E-state index in [0.29, 0.717) is 12.1 Å². The maximum Gasteiger partial charge on any atom is 0.338 e. The predicted octanol–water partition coefficient (Wildman–Crippen LogP) is 1.53. The Labute approximate surface area is 107 Å². The van der Waals surface area contributed by atoms with Crippen LogP contribution in [-0.4, -0.2) is 43.4 Å². The highest BCUT2D eigenvalue weighted by Gasteiger charge is 2.21. The lowest BCUT2D eigenvalue weighted by Gasteiger charge is -2.19. The van der Waals surface area contributed by atoms with Gasteiger partial charge in [-0.05, 0) is 32.3 Å². The lowest BCUT2D eigenvalue weighted by molar-refractivity contribution is -0.123. The summed E-state index contributed by atoms with van der Waals surface area (Å²) in [5.74, 6) is -0.800. The molecule has 0 saturated carbocycles. The Morgan fingerprint density at radius 3 is 2.44 bits per heavy atom. The summed E-state index contributed by atoms with van der Waals surface area (Å²) in [6.07, 6.45) is 0.358. The molecule has 0 N–H and O–H groups in total. The Morgan fingerprint density at radius 2 is 1.94 bits per heavy atom. The Hall–Kier alpha value is -1.94. The minimum atomic E-state index is -0.815. The van der Waals surface area contributed by atoms with Crippen LogP contribution in [0.3, 0.4) is 0 Å². The van der Waals surface area contributed by atoms with Crippen LogP contribution in [0.2, 0.25) is 0 Å². The van der Waals surface area contributed by atoms with Crippen molar-refractivity contribution in [2.75, 3.05) is 20.6 Å². The third-order valence-corrected chi connectivity index (χ3v) is 2.31. The summed E-state index contributed by atoms with van der Waals surface area (Å²) in [6, 6.07) is 8.59. The van der Waals surface area contributed by atoms with Gasteiger partial charge in [0.1, 0.15) is 0 Å². The number of likely N-dealkylation sites (N-methyl/N-ethyl adjacent to an activating group) is 1. The van der Waals surface area contributed by atoms with E-state index in [1.165, 1.54) is 6.08 Å². The third kappa shape index (κ3) is 4.14. The fraction of sp³-hybridized carbons (Fsp3) is 0.286. The molecule has 0 saturated heterocycles. The standard InChI is InChI=1S/C14H17NO3/c1-4-12(16)13(10-15(2)3)18-14(17)11-8-6-5-7-9-11/h4-9,13H,1,10H2,2-3H3. The molecule has 0 bridgehead atoms. The lowest BCUT2D eigenvalue weighted by Crippen LogP contribution is -2.36. The van der Waals surface area contributed by atoms with E-state index < -0.39 is 12.1 Å². The molecule has 0 aromatic heterocycles. The highest BCUT2D eigenvalue weighted by molar-refractivity contribution is 5.97. The maximum absolute atomic E-state index is 11.8. The molecule has 1 rings (SSSR count). The van der Waals surface area contributed by atoms with Crippen molar-refractivity contribution in [3.05, 3.63) is 48.6 Å². The largest absolute Gasteiger partial charge is 0.449 e. The number of rotatable bonds is 6. The summed E-state index contributed by atoms with van der Waals surface area (Å²) in [5.41, 5.74) is 0.429. The van der Waals surface area contributed by atoms with Gasteiger partial charge in [-0.3, -0.25) is 4.79 Å². The Balaban J connectivity index is 2.74. The topological polar surface area (TPSA) is 46.6 Å². The van der Waals surface area contributed by atoms with Gasteiger partial charge in [0.2, 0.25) is 0 Å². The first kappa shape index (κ1) is 14.1. The van der Waals surface area contributed by atoms with Crippen molar-refractivity contribution < 1.29 is 14.3 Å². The van der Waals surface area contributed by atoms with Crippen molar-refractivity contribution in [2.24, 2.45) is 0 Å². The van der Waals surface area contributed by atoms with Crippen molar-refractivity contribution in [3.63, 3.8) is 0 Å². The summed E-state index contributed by atoms with van der Waals surface area (Å²) in [5, 5.41) is 0. The van der Waals surface area contributed by atoms with E-state index in [1.54, 1.807) is 43.3 Å². The molecule has 4 nitrogen and oxygen atoms in total. The predicted molar refractivity (Wildman–Crippen MR) is 69.4 cm³/mol. The molecular formula is C14H17NO3. The highest BCUT2D eigenvalue weighted by atomic mass is 16.5. The smallest absolute Gasteiger partial charge is 0.338 e. The van der Waals surface area contributed by atoms with Crippen molar-refractivity contribution >= 4 is 11.8 Å². The minimum Gasteiger partial charge on any atom is -0.449 e. The molecule has 1 aromatic carbocycles. The monoisotopic (exact) mass is 247 g/mol. The van der Waals surface area contributed by atoms with Gasteiger partial charge >= 0.3 is 5.97 Å². The van der Waals surface area contributed by atoms with Crippen molar-refractivity contribution in [1.29, 1.82) is 0 Å². The van der Waals surface area contributed by atoms with Gasteiger partial charge in [0, 0.05) is 6.54 Å². The summed E-state index contributed by atoms with van der Waals surface area (Å²) in [6.45, 7) is 3.75. The first-order chi connectivity index (χ1) is 8.54.